The molecule has 2 heterocycles. The SMILES string of the molecule is CCCCc1c(Cc2ccc(-c3ccccc3C#N)cc2F)c(=O)n([C@H]2CC[C@H](OCC(=O)O)CC2)c2ncnn12. The maximum atomic E-state index is 15.6. The number of carbonyl (C=O) groups is 1. The Morgan fingerprint density at radius 1 is 1.20 bits per heavy atom. The minimum atomic E-state index is -1.00. The van der Waals surface area contributed by atoms with Crippen molar-refractivity contribution < 1.29 is 19.0 Å². The van der Waals surface area contributed by atoms with Crippen LogP contribution in [0, 0.1) is 17.1 Å². The number of ether oxygens (including phenoxy) is 1. The highest BCUT2D eigenvalue weighted by Crippen LogP contribution is 2.31. The molecule has 0 amide bonds. The van der Waals surface area contributed by atoms with Crippen molar-refractivity contribution in [3.8, 4) is 17.2 Å². The molecule has 1 aliphatic rings. The molecule has 0 aliphatic heterocycles. The zero-order valence-electron chi connectivity index (χ0n) is 22.9. The van der Waals surface area contributed by atoms with Crippen molar-refractivity contribution in [3.63, 3.8) is 0 Å². The molecule has 4 aromatic rings. The number of aromatic nitrogens is 4. The van der Waals surface area contributed by atoms with E-state index >= 15 is 4.39 Å². The van der Waals surface area contributed by atoms with Gasteiger partial charge < -0.3 is 9.84 Å². The van der Waals surface area contributed by atoms with Gasteiger partial charge in [-0.05, 0) is 67.3 Å². The van der Waals surface area contributed by atoms with Gasteiger partial charge in [-0.3, -0.25) is 9.36 Å². The van der Waals surface area contributed by atoms with E-state index in [0.717, 1.165) is 18.5 Å². The average Bonchev–Trinajstić information content (AvgIpc) is 3.46. The lowest BCUT2D eigenvalue weighted by atomic mass is 9.92. The van der Waals surface area contributed by atoms with Crippen LogP contribution >= 0.6 is 0 Å². The number of nitriles is 1. The molecule has 2 aromatic heterocycles. The second kappa shape index (κ2) is 12.4. The fraction of sp³-hybridized carbons (Fsp3) is 0.387. The lowest BCUT2D eigenvalue weighted by Crippen LogP contribution is -2.35. The number of hydrogen-bond acceptors (Lipinski definition) is 6. The average molecular weight is 558 g/mol. The first-order chi connectivity index (χ1) is 19.9. The second-order valence-corrected chi connectivity index (χ2v) is 10.5. The number of halogens is 1. The maximum Gasteiger partial charge on any atom is 0.329 e. The summed E-state index contributed by atoms with van der Waals surface area (Å²) in [4.78, 5) is 29.5. The predicted molar refractivity (Wildman–Crippen MR) is 150 cm³/mol. The van der Waals surface area contributed by atoms with Crippen LogP contribution in [-0.4, -0.2) is 43.0 Å². The molecule has 1 saturated carbocycles. The lowest BCUT2D eigenvalue weighted by Gasteiger charge is -2.30. The van der Waals surface area contributed by atoms with Crippen LogP contribution in [-0.2, 0) is 22.4 Å². The van der Waals surface area contributed by atoms with Crippen LogP contribution in [0.3, 0.4) is 0 Å². The van der Waals surface area contributed by atoms with E-state index in [1.54, 1.807) is 39.4 Å². The van der Waals surface area contributed by atoms with Gasteiger partial charge in [0.2, 0.25) is 5.78 Å². The van der Waals surface area contributed by atoms with E-state index in [1.807, 2.05) is 6.07 Å². The quantitative estimate of drug-likeness (QED) is 0.288. The Kier molecular flexibility index (Phi) is 8.55. The van der Waals surface area contributed by atoms with E-state index in [2.05, 4.69) is 23.1 Å². The summed E-state index contributed by atoms with van der Waals surface area (Å²) in [6, 6.07) is 13.9. The summed E-state index contributed by atoms with van der Waals surface area (Å²) in [6.45, 7) is 1.73. The van der Waals surface area contributed by atoms with Crippen LogP contribution in [0.25, 0.3) is 16.9 Å². The number of aliphatic carboxylic acids is 1. The fourth-order valence-electron chi connectivity index (χ4n) is 5.73. The van der Waals surface area contributed by atoms with Gasteiger partial charge in [-0.15, -0.1) is 0 Å². The highest BCUT2D eigenvalue weighted by atomic mass is 19.1. The Balaban J connectivity index is 1.52. The number of fused-ring (bicyclic) bond motifs is 1. The van der Waals surface area contributed by atoms with E-state index in [4.69, 9.17) is 9.84 Å². The Bertz CT molecular complexity index is 1660. The van der Waals surface area contributed by atoms with Gasteiger partial charge in [-0.1, -0.05) is 43.7 Å². The van der Waals surface area contributed by atoms with Crippen molar-refractivity contribution in [2.24, 2.45) is 0 Å². The molecule has 0 radical (unpaired) electrons. The Morgan fingerprint density at radius 2 is 1.98 bits per heavy atom. The van der Waals surface area contributed by atoms with E-state index in [0.29, 0.717) is 65.7 Å². The van der Waals surface area contributed by atoms with Crippen LogP contribution in [0.5, 0.6) is 0 Å². The fourth-order valence-corrected chi connectivity index (χ4v) is 5.73. The summed E-state index contributed by atoms with van der Waals surface area (Å²) in [6.07, 6.45) is 6.22. The van der Waals surface area contributed by atoms with Gasteiger partial charge >= 0.3 is 5.97 Å². The number of carboxylic acids is 1. The number of carboxylic acid groups (broad SMARTS) is 1. The molecule has 212 valence electrons. The molecule has 10 heteroatoms. The van der Waals surface area contributed by atoms with Gasteiger partial charge in [0, 0.05) is 18.0 Å². The van der Waals surface area contributed by atoms with Crippen molar-refractivity contribution >= 4 is 11.7 Å². The third-order valence-electron chi connectivity index (χ3n) is 7.82. The molecule has 0 saturated heterocycles. The van der Waals surface area contributed by atoms with Crippen molar-refractivity contribution in [2.45, 2.75) is 70.4 Å². The van der Waals surface area contributed by atoms with Crippen LogP contribution in [0.15, 0.2) is 53.6 Å². The van der Waals surface area contributed by atoms with E-state index in [-0.39, 0.29) is 30.7 Å². The molecule has 2 aromatic carbocycles. The number of nitrogens with zero attached hydrogens (tertiary/aromatic N) is 5. The number of rotatable bonds is 10. The van der Waals surface area contributed by atoms with Crippen LogP contribution in [0.4, 0.5) is 4.39 Å². The summed E-state index contributed by atoms with van der Waals surface area (Å²) in [7, 11) is 0. The van der Waals surface area contributed by atoms with Gasteiger partial charge in [0.15, 0.2) is 0 Å². The Hall–Kier alpha value is -4.36. The molecule has 0 bridgehead atoms. The van der Waals surface area contributed by atoms with Gasteiger partial charge in [0.1, 0.15) is 18.8 Å². The number of benzene rings is 2. The molecule has 1 fully saturated rings. The van der Waals surface area contributed by atoms with Crippen LogP contribution < -0.4 is 5.56 Å². The van der Waals surface area contributed by atoms with Gasteiger partial charge in [0.25, 0.3) is 5.56 Å². The van der Waals surface area contributed by atoms with Crippen molar-refractivity contribution in [1.82, 2.24) is 19.2 Å². The molecule has 0 spiro atoms. The topological polar surface area (TPSA) is 123 Å². The summed E-state index contributed by atoms with van der Waals surface area (Å²) in [5, 5.41) is 22.9. The number of aryl methyl sites for hydroxylation is 1. The van der Waals surface area contributed by atoms with Gasteiger partial charge in [0.05, 0.1) is 23.4 Å². The molecule has 41 heavy (non-hydrogen) atoms. The second-order valence-electron chi connectivity index (χ2n) is 10.5. The summed E-state index contributed by atoms with van der Waals surface area (Å²) < 4.78 is 24.5. The van der Waals surface area contributed by atoms with Crippen molar-refractivity contribution in [2.75, 3.05) is 6.61 Å². The summed E-state index contributed by atoms with van der Waals surface area (Å²) in [5.74, 6) is -0.989. The standard InChI is InChI=1S/C31H32FN5O4/c1-2-3-8-28-26(15-21-10-9-20(16-27(21)32)25-7-5-4-6-22(25)17-33)30(40)36(31-34-19-35-37(28)31)23-11-13-24(14-12-23)41-18-29(38)39/h4-7,9-10,16,19,23-24H,2-3,8,11-15,18H2,1H3,(H,38,39)/t23-,24-. The molecule has 1 N–H and O–H groups in total. The first kappa shape index (κ1) is 28.2. The molecule has 0 unspecified atom stereocenters. The number of unbranched alkanes of at least 4 members (excludes halogenated alkanes) is 1. The Morgan fingerprint density at radius 3 is 2.68 bits per heavy atom. The minimum Gasteiger partial charge on any atom is -0.480 e. The van der Waals surface area contributed by atoms with Crippen LogP contribution in [0.2, 0.25) is 0 Å². The maximum absolute atomic E-state index is 15.6. The third-order valence-corrected chi connectivity index (χ3v) is 7.82. The normalized spacial score (nSPS) is 17.0. The molecule has 1 aliphatic carbocycles. The summed E-state index contributed by atoms with van der Waals surface area (Å²) in [5.41, 5.74) is 3.12. The van der Waals surface area contributed by atoms with E-state index in [9.17, 15) is 14.9 Å². The van der Waals surface area contributed by atoms with Crippen molar-refractivity contribution in [3.05, 3.63) is 87.3 Å². The molecule has 0 atom stereocenters. The first-order valence-corrected chi connectivity index (χ1v) is 14.0. The zero-order valence-corrected chi connectivity index (χ0v) is 22.9. The van der Waals surface area contributed by atoms with E-state index < -0.39 is 11.8 Å². The third kappa shape index (κ3) is 5.91. The lowest BCUT2D eigenvalue weighted by molar-refractivity contribution is -0.145. The zero-order chi connectivity index (χ0) is 28.9. The smallest absolute Gasteiger partial charge is 0.329 e. The highest BCUT2D eigenvalue weighted by molar-refractivity contribution is 5.70. The van der Waals surface area contributed by atoms with Crippen LogP contribution in [0.1, 0.15) is 73.9 Å². The molecular weight excluding hydrogens is 525 g/mol. The van der Waals surface area contributed by atoms with Crippen molar-refractivity contribution in [1.29, 1.82) is 5.26 Å². The Labute approximate surface area is 236 Å². The highest BCUT2D eigenvalue weighted by Gasteiger charge is 2.28. The monoisotopic (exact) mass is 557 g/mol. The number of hydrogen-bond donors (Lipinski definition) is 1. The predicted octanol–water partition coefficient (Wildman–Crippen LogP) is 5.09. The summed E-state index contributed by atoms with van der Waals surface area (Å²) >= 11 is 0. The molecular formula is C31H32FN5O4. The van der Waals surface area contributed by atoms with E-state index in [1.165, 1.54) is 12.4 Å². The minimum absolute atomic E-state index is 0.0940. The largest absolute Gasteiger partial charge is 0.480 e. The molecule has 5 rings (SSSR count). The van der Waals surface area contributed by atoms with Gasteiger partial charge in [-0.25, -0.2) is 13.7 Å². The van der Waals surface area contributed by atoms with Gasteiger partial charge in [-0.2, -0.15) is 15.3 Å². The molecule has 9 nitrogen and oxygen atoms in total. The first-order valence-electron chi connectivity index (χ1n) is 14.0.